The molecule has 0 saturated heterocycles. The van der Waals surface area contributed by atoms with Crippen molar-refractivity contribution in [2.24, 2.45) is 0 Å². The van der Waals surface area contributed by atoms with Crippen LogP contribution in [-0.2, 0) is 17.8 Å². The molecule has 0 radical (unpaired) electrons. The number of hydrogen-bond donors (Lipinski definition) is 1. The first kappa shape index (κ1) is 21.5. The average molecular weight is 496 g/mol. The van der Waals surface area contributed by atoms with Gasteiger partial charge < -0.3 is 5.32 Å². The van der Waals surface area contributed by atoms with Gasteiger partial charge in [-0.15, -0.1) is 11.3 Å². The van der Waals surface area contributed by atoms with Crippen LogP contribution in [0.3, 0.4) is 0 Å². The van der Waals surface area contributed by atoms with Gasteiger partial charge in [0.1, 0.15) is 11.4 Å². The molecule has 0 bridgehead atoms. The van der Waals surface area contributed by atoms with Gasteiger partial charge in [-0.3, -0.25) is 14.2 Å². The number of fused-ring (bicyclic) bond motifs is 1. The minimum atomic E-state index is -0.253. The minimum absolute atomic E-state index is 0.0906. The van der Waals surface area contributed by atoms with E-state index in [2.05, 4.69) is 33.2 Å². The van der Waals surface area contributed by atoms with Gasteiger partial charge in [-0.05, 0) is 49.1 Å². The molecule has 158 valence electrons. The maximum Gasteiger partial charge on any atom is 0.263 e. The number of nitrogens with one attached hydrogen (secondary N) is 1. The largest absolute Gasteiger partial charge is 0.324 e. The molecule has 1 amide bonds. The van der Waals surface area contributed by atoms with Crippen molar-refractivity contribution in [2.75, 3.05) is 5.32 Å². The number of rotatable bonds is 5. The molecule has 0 unspecified atom stereocenters. The Balaban J connectivity index is 1.74. The number of amides is 1. The third-order valence-electron chi connectivity index (χ3n) is 5.27. The highest BCUT2D eigenvalue weighted by Crippen LogP contribution is 2.36. The number of hydrogen-bond acceptors (Lipinski definition) is 4. The summed E-state index contributed by atoms with van der Waals surface area (Å²) in [5, 5.41) is 3.52. The Hall–Kier alpha value is -2.77. The predicted octanol–water partition coefficient (Wildman–Crippen LogP) is 5.71. The summed E-state index contributed by atoms with van der Waals surface area (Å²) in [7, 11) is 0. The number of benzene rings is 2. The molecule has 4 rings (SSSR count). The van der Waals surface area contributed by atoms with Gasteiger partial charge in [0, 0.05) is 20.6 Å². The fourth-order valence-corrected chi connectivity index (χ4v) is 5.06. The van der Waals surface area contributed by atoms with Crippen molar-refractivity contribution in [3.05, 3.63) is 79.6 Å². The van der Waals surface area contributed by atoms with Gasteiger partial charge in [0.25, 0.3) is 5.56 Å². The highest BCUT2D eigenvalue weighted by atomic mass is 79.9. The Kier molecular flexibility index (Phi) is 6.07. The second-order valence-electron chi connectivity index (χ2n) is 7.43. The topological polar surface area (TPSA) is 64.0 Å². The molecule has 0 aliphatic rings. The summed E-state index contributed by atoms with van der Waals surface area (Å²) < 4.78 is 2.37. The van der Waals surface area contributed by atoms with Crippen LogP contribution in [0.5, 0.6) is 0 Å². The third-order valence-corrected chi connectivity index (χ3v) is 7.04. The Morgan fingerprint density at radius 1 is 1.13 bits per heavy atom. The predicted molar refractivity (Wildman–Crippen MR) is 131 cm³/mol. The molecule has 0 spiro atoms. The number of aryl methyl sites for hydroxylation is 3. The van der Waals surface area contributed by atoms with E-state index in [0.29, 0.717) is 10.2 Å². The minimum Gasteiger partial charge on any atom is -0.324 e. The van der Waals surface area contributed by atoms with Gasteiger partial charge in [0.15, 0.2) is 0 Å². The second kappa shape index (κ2) is 8.77. The number of carbonyl (C=O) groups is 1. The van der Waals surface area contributed by atoms with Crippen molar-refractivity contribution >= 4 is 49.1 Å². The van der Waals surface area contributed by atoms with Crippen LogP contribution in [0.25, 0.3) is 21.3 Å². The van der Waals surface area contributed by atoms with Crippen LogP contribution >= 0.6 is 27.3 Å². The van der Waals surface area contributed by atoms with Gasteiger partial charge >= 0.3 is 0 Å². The maximum absolute atomic E-state index is 13.4. The molecule has 2 aromatic heterocycles. The molecule has 0 fully saturated rings. The monoisotopic (exact) mass is 495 g/mol. The van der Waals surface area contributed by atoms with E-state index in [9.17, 15) is 9.59 Å². The summed E-state index contributed by atoms with van der Waals surface area (Å²) in [5.41, 5.74) is 4.44. The van der Waals surface area contributed by atoms with E-state index in [1.54, 1.807) is 0 Å². The van der Waals surface area contributed by atoms with Gasteiger partial charge in [-0.1, -0.05) is 53.2 Å². The number of halogens is 1. The number of para-hydroxylation sites is 1. The lowest BCUT2D eigenvalue weighted by atomic mass is 10.0. The first-order chi connectivity index (χ1) is 14.9. The molecule has 5 nitrogen and oxygen atoms in total. The van der Waals surface area contributed by atoms with Gasteiger partial charge in [0.2, 0.25) is 5.91 Å². The summed E-state index contributed by atoms with van der Waals surface area (Å²) in [4.78, 5) is 32.4. The third kappa shape index (κ3) is 4.20. The first-order valence-electron chi connectivity index (χ1n) is 10.0. The maximum atomic E-state index is 13.4. The summed E-state index contributed by atoms with van der Waals surface area (Å²) >= 11 is 5.00. The Morgan fingerprint density at radius 2 is 1.81 bits per heavy atom. The van der Waals surface area contributed by atoms with E-state index in [0.717, 1.165) is 43.7 Å². The number of aromatic nitrogens is 2. The van der Waals surface area contributed by atoms with Crippen molar-refractivity contribution < 1.29 is 4.79 Å². The van der Waals surface area contributed by atoms with E-state index >= 15 is 0 Å². The molecular formula is C24H22BrN3O2S. The molecule has 0 aliphatic carbocycles. The SMILES string of the molecule is CCc1sc2ncn(CC(=O)Nc3c(C)cccc3C)c(=O)c2c1-c1ccc(Br)cc1. The fraction of sp³-hybridized carbons (Fsp3) is 0.208. The van der Waals surface area contributed by atoms with Crippen molar-refractivity contribution in [3.8, 4) is 11.1 Å². The van der Waals surface area contributed by atoms with Gasteiger partial charge in [-0.25, -0.2) is 4.98 Å². The normalized spacial score (nSPS) is 11.1. The molecule has 2 aromatic carbocycles. The molecule has 0 atom stereocenters. The van der Waals surface area contributed by atoms with Crippen LogP contribution in [0.15, 0.2) is 58.1 Å². The molecule has 0 aliphatic heterocycles. The van der Waals surface area contributed by atoms with Crippen molar-refractivity contribution in [2.45, 2.75) is 33.7 Å². The fourth-order valence-electron chi connectivity index (χ4n) is 3.70. The number of nitrogens with zero attached hydrogens (tertiary/aromatic N) is 2. The Labute approximate surface area is 192 Å². The van der Waals surface area contributed by atoms with Crippen LogP contribution in [0.2, 0.25) is 0 Å². The smallest absolute Gasteiger partial charge is 0.263 e. The van der Waals surface area contributed by atoms with Crippen LogP contribution < -0.4 is 10.9 Å². The van der Waals surface area contributed by atoms with E-state index in [4.69, 9.17) is 0 Å². The number of carbonyl (C=O) groups excluding carboxylic acids is 1. The molecule has 31 heavy (non-hydrogen) atoms. The van der Waals surface area contributed by atoms with Crippen LogP contribution in [0.4, 0.5) is 5.69 Å². The van der Waals surface area contributed by atoms with E-state index < -0.39 is 0 Å². The summed E-state index contributed by atoms with van der Waals surface area (Å²) in [5.74, 6) is -0.253. The van der Waals surface area contributed by atoms with Crippen LogP contribution in [0, 0.1) is 13.8 Å². The molecule has 4 aromatic rings. The van der Waals surface area contributed by atoms with Gasteiger partial charge in [-0.2, -0.15) is 0 Å². The molecular weight excluding hydrogens is 474 g/mol. The lowest BCUT2D eigenvalue weighted by molar-refractivity contribution is -0.116. The number of thiophene rings is 1. The first-order valence-corrected chi connectivity index (χ1v) is 11.6. The van der Waals surface area contributed by atoms with Crippen LogP contribution in [-0.4, -0.2) is 15.5 Å². The lowest BCUT2D eigenvalue weighted by Gasteiger charge is -2.12. The van der Waals surface area contributed by atoms with E-state index in [-0.39, 0.29) is 18.0 Å². The molecule has 0 saturated carbocycles. The second-order valence-corrected chi connectivity index (χ2v) is 9.43. The zero-order valence-corrected chi connectivity index (χ0v) is 19.9. The van der Waals surface area contributed by atoms with Crippen LogP contribution in [0.1, 0.15) is 22.9 Å². The standard InChI is InChI=1S/C24H22BrN3O2S/c1-4-18-20(16-8-10-17(25)11-9-16)21-23(31-18)26-13-28(24(21)30)12-19(29)27-22-14(2)6-5-7-15(22)3/h5-11,13H,4,12H2,1-3H3,(H,27,29). The Bertz CT molecular complexity index is 1320. The molecule has 7 heteroatoms. The summed E-state index contributed by atoms with van der Waals surface area (Å²) in [6, 6.07) is 13.8. The van der Waals surface area contributed by atoms with Crippen molar-refractivity contribution in [1.29, 1.82) is 0 Å². The molecule has 2 heterocycles. The lowest BCUT2D eigenvalue weighted by Crippen LogP contribution is -2.28. The highest BCUT2D eigenvalue weighted by molar-refractivity contribution is 9.10. The van der Waals surface area contributed by atoms with Crippen molar-refractivity contribution in [1.82, 2.24) is 9.55 Å². The van der Waals surface area contributed by atoms with Crippen molar-refractivity contribution in [3.63, 3.8) is 0 Å². The zero-order chi connectivity index (χ0) is 22.1. The summed E-state index contributed by atoms with van der Waals surface area (Å²) in [6.45, 7) is 5.88. The average Bonchev–Trinajstić information content (AvgIpc) is 3.13. The summed E-state index contributed by atoms with van der Waals surface area (Å²) in [6.07, 6.45) is 2.27. The molecule has 1 N–H and O–H groups in total. The van der Waals surface area contributed by atoms with E-state index in [1.807, 2.05) is 56.3 Å². The van der Waals surface area contributed by atoms with Gasteiger partial charge in [0.05, 0.1) is 11.7 Å². The number of anilines is 1. The Morgan fingerprint density at radius 3 is 2.45 bits per heavy atom. The zero-order valence-electron chi connectivity index (χ0n) is 17.5. The quantitative estimate of drug-likeness (QED) is 0.385. The van der Waals surface area contributed by atoms with E-state index in [1.165, 1.54) is 22.2 Å². The highest BCUT2D eigenvalue weighted by Gasteiger charge is 2.19.